The van der Waals surface area contributed by atoms with Crippen molar-refractivity contribution in [2.75, 3.05) is 14.2 Å². The van der Waals surface area contributed by atoms with E-state index in [1.165, 1.54) is 5.56 Å². The first-order valence-electron chi connectivity index (χ1n) is 7.61. The molecule has 2 rings (SSSR count). The molecule has 1 aliphatic rings. The molecule has 21 heavy (non-hydrogen) atoms. The second kappa shape index (κ2) is 6.94. The first kappa shape index (κ1) is 15.8. The van der Waals surface area contributed by atoms with E-state index in [4.69, 9.17) is 4.74 Å². The Morgan fingerprint density at radius 1 is 1.43 bits per heavy atom. The molecule has 0 bridgehead atoms. The number of benzene rings is 1. The Morgan fingerprint density at radius 3 is 2.81 bits per heavy atom. The SMILES string of the molecule is COc1ccccc1CC(C)N(C)C1CCCC1C(=O)O. The Morgan fingerprint density at radius 2 is 2.14 bits per heavy atom. The predicted molar refractivity (Wildman–Crippen MR) is 82.7 cm³/mol. The number of carboxylic acid groups (broad SMARTS) is 1. The summed E-state index contributed by atoms with van der Waals surface area (Å²) in [4.78, 5) is 13.6. The number of hydrogen-bond donors (Lipinski definition) is 1. The quantitative estimate of drug-likeness (QED) is 0.875. The highest BCUT2D eigenvalue weighted by atomic mass is 16.5. The number of nitrogens with zero attached hydrogens (tertiary/aromatic N) is 1. The summed E-state index contributed by atoms with van der Waals surface area (Å²) < 4.78 is 5.40. The third-order valence-corrected chi connectivity index (χ3v) is 4.72. The van der Waals surface area contributed by atoms with Crippen LogP contribution >= 0.6 is 0 Å². The zero-order chi connectivity index (χ0) is 15.4. The molecule has 0 radical (unpaired) electrons. The number of carboxylic acids is 1. The van der Waals surface area contributed by atoms with Crippen LogP contribution < -0.4 is 4.74 Å². The van der Waals surface area contributed by atoms with E-state index in [-0.39, 0.29) is 18.0 Å². The van der Waals surface area contributed by atoms with Gasteiger partial charge in [-0.2, -0.15) is 0 Å². The highest BCUT2D eigenvalue weighted by Gasteiger charge is 2.36. The third kappa shape index (κ3) is 3.56. The lowest BCUT2D eigenvalue weighted by Gasteiger charge is -2.33. The molecule has 3 atom stereocenters. The van der Waals surface area contributed by atoms with E-state index in [0.717, 1.165) is 31.4 Å². The fraction of sp³-hybridized carbons (Fsp3) is 0.588. The number of methoxy groups -OCH3 is 1. The van der Waals surface area contributed by atoms with Crippen LogP contribution in [0.5, 0.6) is 5.75 Å². The average Bonchev–Trinajstić information content (AvgIpc) is 2.96. The molecule has 3 unspecified atom stereocenters. The van der Waals surface area contributed by atoms with Crippen LogP contribution in [0.25, 0.3) is 0 Å². The van der Waals surface area contributed by atoms with Crippen molar-refractivity contribution in [3.05, 3.63) is 29.8 Å². The largest absolute Gasteiger partial charge is 0.496 e. The summed E-state index contributed by atoms with van der Waals surface area (Å²) >= 11 is 0. The molecule has 0 heterocycles. The first-order valence-corrected chi connectivity index (χ1v) is 7.61. The van der Waals surface area contributed by atoms with Crippen LogP contribution in [0.4, 0.5) is 0 Å². The summed E-state index contributed by atoms with van der Waals surface area (Å²) in [5.41, 5.74) is 1.17. The fourth-order valence-corrected chi connectivity index (χ4v) is 3.38. The second-order valence-electron chi connectivity index (χ2n) is 5.97. The minimum atomic E-state index is -0.658. The Labute approximate surface area is 126 Å². The summed E-state index contributed by atoms with van der Waals surface area (Å²) in [6.07, 6.45) is 3.64. The lowest BCUT2D eigenvalue weighted by Crippen LogP contribution is -2.43. The van der Waals surface area contributed by atoms with Crippen LogP contribution in [0.15, 0.2) is 24.3 Å². The maximum atomic E-state index is 11.4. The molecule has 0 spiro atoms. The number of aliphatic carboxylic acids is 1. The van der Waals surface area contributed by atoms with Gasteiger partial charge in [-0.15, -0.1) is 0 Å². The number of hydrogen-bond acceptors (Lipinski definition) is 3. The number of para-hydroxylation sites is 1. The van der Waals surface area contributed by atoms with Gasteiger partial charge in [-0.25, -0.2) is 0 Å². The maximum absolute atomic E-state index is 11.4. The van der Waals surface area contributed by atoms with Gasteiger partial charge in [0.15, 0.2) is 0 Å². The smallest absolute Gasteiger partial charge is 0.308 e. The third-order valence-electron chi connectivity index (χ3n) is 4.72. The van der Waals surface area contributed by atoms with Gasteiger partial charge in [-0.1, -0.05) is 24.6 Å². The van der Waals surface area contributed by atoms with Crippen LogP contribution in [-0.4, -0.2) is 42.2 Å². The molecule has 1 aliphatic carbocycles. The van der Waals surface area contributed by atoms with Gasteiger partial charge in [-0.3, -0.25) is 9.69 Å². The Kier molecular flexibility index (Phi) is 5.23. The van der Waals surface area contributed by atoms with E-state index >= 15 is 0 Å². The summed E-state index contributed by atoms with van der Waals surface area (Å²) in [5, 5.41) is 9.34. The van der Waals surface area contributed by atoms with E-state index in [2.05, 4.69) is 17.9 Å². The summed E-state index contributed by atoms with van der Waals surface area (Å²) in [5.74, 6) is 0.0166. The molecule has 4 nitrogen and oxygen atoms in total. The minimum absolute atomic E-state index is 0.146. The molecule has 1 fully saturated rings. The summed E-state index contributed by atoms with van der Waals surface area (Å²) in [6, 6.07) is 8.46. The maximum Gasteiger partial charge on any atom is 0.308 e. The molecule has 0 saturated heterocycles. The van der Waals surface area contributed by atoms with E-state index in [1.807, 2.05) is 25.2 Å². The molecule has 0 amide bonds. The van der Waals surface area contributed by atoms with Crippen LogP contribution in [-0.2, 0) is 11.2 Å². The zero-order valence-corrected chi connectivity index (χ0v) is 13.1. The molecule has 0 aromatic heterocycles. The summed E-state index contributed by atoms with van der Waals surface area (Å²) in [6.45, 7) is 2.16. The molecule has 0 aliphatic heterocycles. The fourth-order valence-electron chi connectivity index (χ4n) is 3.38. The number of carbonyl (C=O) groups is 1. The monoisotopic (exact) mass is 291 g/mol. The van der Waals surface area contributed by atoms with Gasteiger partial charge >= 0.3 is 5.97 Å². The van der Waals surface area contributed by atoms with Crippen molar-refractivity contribution >= 4 is 5.97 Å². The first-order chi connectivity index (χ1) is 10.0. The number of likely N-dealkylation sites (N-methyl/N-ethyl adjacent to an activating group) is 1. The van der Waals surface area contributed by atoms with Gasteiger partial charge in [0, 0.05) is 12.1 Å². The number of rotatable bonds is 6. The lowest BCUT2D eigenvalue weighted by molar-refractivity contribution is -0.143. The molecule has 1 aromatic rings. The second-order valence-corrected chi connectivity index (χ2v) is 5.97. The number of ether oxygens (including phenoxy) is 1. The molecular formula is C17H25NO3. The van der Waals surface area contributed by atoms with E-state index in [9.17, 15) is 9.90 Å². The normalized spacial score (nSPS) is 23.2. The standard InChI is InChI=1S/C17H25NO3/c1-12(11-13-7-4-5-10-16(13)21-3)18(2)15-9-6-8-14(15)17(19)20/h4-5,7,10,12,14-15H,6,8-9,11H2,1-3H3,(H,19,20). The van der Waals surface area contributed by atoms with Gasteiger partial charge in [-0.05, 0) is 44.9 Å². The van der Waals surface area contributed by atoms with Crippen molar-refractivity contribution in [3.8, 4) is 5.75 Å². The molecule has 1 saturated carbocycles. The van der Waals surface area contributed by atoms with Crippen LogP contribution in [0.2, 0.25) is 0 Å². The Bertz CT molecular complexity index is 489. The molecule has 1 N–H and O–H groups in total. The van der Waals surface area contributed by atoms with E-state index in [0.29, 0.717) is 0 Å². The van der Waals surface area contributed by atoms with Crippen molar-refractivity contribution in [2.24, 2.45) is 5.92 Å². The van der Waals surface area contributed by atoms with Gasteiger partial charge < -0.3 is 9.84 Å². The van der Waals surface area contributed by atoms with Crippen LogP contribution in [0.3, 0.4) is 0 Å². The van der Waals surface area contributed by atoms with Crippen molar-refractivity contribution in [2.45, 2.75) is 44.7 Å². The lowest BCUT2D eigenvalue weighted by atomic mass is 9.98. The predicted octanol–water partition coefficient (Wildman–Crippen LogP) is 2.81. The van der Waals surface area contributed by atoms with Crippen molar-refractivity contribution in [1.29, 1.82) is 0 Å². The Hall–Kier alpha value is -1.55. The molecule has 1 aromatic carbocycles. The topological polar surface area (TPSA) is 49.8 Å². The molecule has 116 valence electrons. The zero-order valence-electron chi connectivity index (χ0n) is 13.1. The van der Waals surface area contributed by atoms with Crippen LogP contribution in [0, 0.1) is 5.92 Å². The van der Waals surface area contributed by atoms with Gasteiger partial charge in [0.1, 0.15) is 5.75 Å². The van der Waals surface area contributed by atoms with Gasteiger partial charge in [0.25, 0.3) is 0 Å². The van der Waals surface area contributed by atoms with Crippen molar-refractivity contribution < 1.29 is 14.6 Å². The highest BCUT2D eigenvalue weighted by molar-refractivity contribution is 5.71. The highest BCUT2D eigenvalue weighted by Crippen LogP contribution is 2.31. The Balaban J connectivity index is 2.05. The van der Waals surface area contributed by atoms with Crippen molar-refractivity contribution in [1.82, 2.24) is 4.90 Å². The molecule has 4 heteroatoms. The molecular weight excluding hydrogens is 266 g/mol. The van der Waals surface area contributed by atoms with Crippen molar-refractivity contribution in [3.63, 3.8) is 0 Å². The van der Waals surface area contributed by atoms with Gasteiger partial charge in [0.2, 0.25) is 0 Å². The van der Waals surface area contributed by atoms with E-state index < -0.39 is 5.97 Å². The minimum Gasteiger partial charge on any atom is -0.496 e. The van der Waals surface area contributed by atoms with Crippen LogP contribution in [0.1, 0.15) is 31.7 Å². The van der Waals surface area contributed by atoms with Gasteiger partial charge in [0.05, 0.1) is 13.0 Å². The summed E-state index contributed by atoms with van der Waals surface area (Å²) in [7, 11) is 3.73. The average molecular weight is 291 g/mol. The van der Waals surface area contributed by atoms with E-state index in [1.54, 1.807) is 7.11 Å².